The lowest BCUT2D eigenvalue weighted by Crippen LogP contribution is -2.11. The van der Waals surface area contributed by atoms with Crippen LogP contribution in [-0.2, 0) is 14.6 Å². The van der Waals surface area contributed by atoms with Crippen LogP contribution in [0.5, 0.6) is 0 Å². The van der Waals surface area contributed by atoms with Gasteiger partial charge in [-0.3, -0.25) is 5.32 Å². The Morgan fingerprint density at radius 1 is 1.22 bits per heavy atom. The summed E-state index contributed by atoms with van der Waals surface area (Å²) in [6.07, 6.45) is -1.21. The number of fused-ring (bicyclic) bond motifs is 1. The van der Waals surface area contributed by atoms with Gasteiger partial charge in [0.1, 0.15) is 0 Å². The number of anilines is 1. The van der Waals surface area contributed by atoms with E-state index in [1.54, 1.807) is 18.2 Å². The summed E-state index contributed by atoms with van der Waals surface area (Å²) in [4.78, 5) is 18.4. The minimum absolute atomic E-state index is 0.0523. The molecule has 0 spiro atoms. The lowest BCUT2D eigenvalue weighted by Gasteiger charge is -2.04. The number of rotatable bonds is 3. The van der Waals surface area contributed by atoms with Crippen molar-refractivity contribution in [1.82, 2.24) is 9.97 Å². The minimum Gasteiger partial charge on any atom is -0.453 e. The van der Waals surface area contributed by atoms with Crippen LogP contribution in [0.3, 0.4) is 0 Å². The highest BCUT2D eigenvalue weighted by atomic mass is 32.2. The largest absolute Gasteiger partial charge is 0.453 e. The number of ether oxygens (including phenoxy) is 1. The number of carbonyl (C=O) groups excluding carboxylic acids is 1. The monoisotopic (exact) mass is 334 g/mol. The van der Waals surface area contributed by atoms with Gasteiger partial charge in [0, 0.05) is 0 Å². The van der Waals surface area contributed by atoms with Crippen molar-refractivity contribution < 1.29 is 22.1 Å². The first kappa shape index (κ1) is 11.7. The molecule has 1 heterocycles. The first-order chi connectivity index (χ1) is 12.1. The number of benzene rings is 2. The van der Waals surface area contributed by atoms with Crippen molar-refractivity contribution in [2.45, 2.75) is 9.79 Å². The zero-order valence-electron chi connectivity index (χ0n) is 14.6. The number of sulfone groups is 1. The molecule has 0 aliphatic heterocycles. The molecule has 0 aliphatic rings. The number of hydrogen-bond donors (Lipinski definition) is 2. The third-order valence-electron chi connectivity index (χ3n) is 3.13. The Kier molecular flexibility index (Phi) is 2.91. The lowest BCUT2D eigenvalue weighted by atomic mass is 10.3. The molecule has 0 atom stereocenters. The quantitative estimate of drug-likeness (QED) is 0.766. The van der Waals surface area contributed by atoms with Gasteiger partial charge in [0.25, 0.3) is 0 Å². The Hall–Kier alpha value is -2.87. The number of imidazole rings is 1. The molecule has 0 radical (unpaired) electrons. The predicted octanol–water partition coefficient (Wildman–Crippen LogP) is 2.57. The van der Waals surface area contributed by atoms with Crippen molar-refractivity contribution in [3.8, 4) is 0 Å². The summed E-state index contributed by atoms with van der Waals surface area (Å²) in [5.41, 5.74) is 0.743. The number of methoxy groups -OCH3 is 1. The summed E-state index contributed by atoms with van der Waals surface area (Å²) in [5, 5.41) is 2.14. The third-order valence-corrected chi connectivity index (χ3v) is 4.90. The second-order valence-corrected chi connectivity index (χ2v) is 6.55. The van der Waals surface area contributed by atoms with Gasteiger partial charge in [-0.2, -0.15) is 0 Å². The summed E-state index contributed by atoms with van der Waals surface area (Å²) in [6.45, 7) is 0. The maximum atomic E-state index is 12.6. The molecule has 0 saturated carbocycles. The smallest absolute Gasteiger partial charge is 0.413 e. The van der Waals surface area contributed by atoms with Crippen LogP contribution in [0, 0.1) is 0 Å². The fourth-order valence-corrected chi connectivity index (χ4v) is 3.38. The Bertz CT molecular complexity index is 1060. The third kappa shape index (κ3) is 2.88. The second-order valence-electron chi connectivity index (χ2n) is 4.60. The van der Waals surface area contributed by atoms with E-state index in [0.29, 0.717) is 11.0 Å². The van der Waals surface area contributed by atoms with Crippen molar-refractivity contribution in [2.75, 3.05) is 12.4 Å². The number of nitrogens with one attached hydrogen (secondary N) is 2. The Morgan fingerprint density at radius 3 is 2.74 bits per heavy atom. The average molecular weight is 334 g/mol. The minimum atomic E-state index is -3.70. The zero-order chi connectivity index (χ0) is 18.9. The molecule has 1 amide bonds. The van der Waals surface area contributed by atoms with Crippen LogP contribution >= 0.6 is 0 Å². The molecule has 0 fully saturated rings. The first-order valence-corrected chi connectivity index (χ1v) is 7.93. The maximum Gasteiger partial charge on any atom is 0.413 e. The summed E-state index contributed by atoms with van der Waals surface area (Å²) >= 11 is 0. The molecular weight excluding hydrogens is 318 g/mol. The van der Waals surface area contributed by atoms with Gasteiger partial charge < -0.3 is 9.72 Å². The predicted molar refractivity (Wildman–Crippen MR) is 84.0 cm³/mol. The van der Waals surface area contributed by atoms with Crippen molar-refractivity contribution in [2.24, 2.45) is 0 Å². The van der Waals surface area contributed by atoms with E-state index < -0.39 is 23.0 Å². The average Bonchev–Trinajstić information content (AvgIpc) is 2.94. The van der Waals surface area contributed by atoms with Crippen LogP contribution in [0.2, 0.25) is 0 Å². The SMILES string of the molecule is [2H]C([2H])([2H])OC(=O)Nc1nc2ccc(S(=O)(=O)c3ccccc3)cc2[nH]1. The Morgan fingerprint density at radius 2 is 2.00 bits per heavy atom. The van der Waals surface area contributed by atoms with E-state index in [0.717, 1.165) is 0 Å². The van der Waals surface area contributed by atoms with Crippen molar-refractivity contribution in [3.63, 3.8) is 0 Å². The molecule has 0 saturated heterocycles. The molecule has 2 N–H and O–H groups in total. The zero-order valence-corrected chi connectivity index (χ0v) is 12.4. The van der Waals surface area contributed by atoms with Crippen molar-refractivity contribution >= 4 is 32.9 Å². The topological polar surface area (TPSA) is 101 Å². The number of carbonyl (C=O) groups is 1. The highest BCUT2D eigenvalue weighted by Gasteiger charge is 2.18. The van der Waals surface area contributed by atoms with E-state index in [-0.39, 0.29) is 15.7 Å². The second kappa shape index (κ2) is 5.73. The molecule has 3 rings (SSSR count). The molecular formula is C15H13N3O4S. The molecule has 118 valence electrons. The molecule has 7 nitrogen and oxygen atoms in total. The number of nitrogens with zero attached hydrogens (tertiary/aromatic N) is 1. The Labute approximate surface area is 136 Å². The standard InChI is InChI=1S/C15H13N3O4S/c1-22-15(19)18-14-16-12-8-7-11(9-13(12)17-14)23(20,21)10-5-3-2-4-6-10/h2-9H,1H3,(H2,16,17,18,19)/i1D3. The van der Waals surface area contributed by atoms with Gasteiger partial charge in [-0.15, -0.1) is 0 Å². The van der Waals surface area contributed by atoms with Gasteiger partial charge in [0.15, 0.2) is 0 Å². The van der Waals surface area contributed by atoms with Crippen LogP contribution in [-0.4, -0.2) is 31.5 Å². The molecule has 0 aliphatic carbocycles. The highest BCUT2D eigenvalue weighted by molar-refractivity contribution is 7.91. The molecule has 1 aromatic heterocycles. The summed E-state index contributed by atoms with van der Waals surface area (Å²) < 4.78 is 50.0. The van der Waals surface area contributed by atoms with Crippen molar-refractivity contribution in [1.29, 1.82) is 0 Å². The van der Waals surface area contributed by atoms with Gasteiger partial charge in [-0.25, -0.2) is 18.2 Å². The van der Waals surface area contributed by atoms with E-state index >= 15 is 0 Å². The number of aromatic nitrogens is 2. The number of amides is 1. The van der Waals surface area contributed by atoms with Crippen LogP contribution in [0.15, 0.2) is 58.3 Å². The number of H-pyrrole nitrogens is 1. The molecule has 0 unspecified atom stereocenters. The van der Waals surface area contributed by atoms with Crippen LogP contribution in [0.4, 0.5) is 10.7 Å². The normalized spacial score (nSPS) is 13.8. The molecule has 23 heavy (non-hydrogen) atoms. The highest BCUT2D eigenvalue weighted by Crippen LogP contribution is 2.24. The maximum absolute atomic E-state index is 12.6. The summed E-state index contributed by atoms with van der Waals surface area (Å²) in [5.74, 6) is -0.0662. The molecule has 2 aromatic carbocycles. The van der Waals surface area contributed by atoms with Crippen LogP contribution < -0.4 is 5.32 Å². The van der Waals surface area contributed by atoms with Crippen molar-refractivity contribution in [3.05, 3.63) is 48.5 Å². The number of aromatic amines is 1. The molecule has 8 heteroatoms. The summed E-state index contributed by atoms with van der Waals surface area (Å²) in [6, 6.07) is 12.2. The Balaban J connectivity index is 1.90. The molecule has 0 bridgehead atoms. The fraction of sp³-hybridized carbons (Fsp3) is 0.0667. The van der Waals surface area contributed by atoms with Gasteiger partial charge in [0.2, 0.25) is 15.8 Å². The van der Waals surface area contributed by atoms with E-state index in [9.17, 15) is 13.2 Å². The van der Waals surface area contributed by atoms with Gasteiger partial charge in [-0.05, 0) is 30.3 Å². The van der Waals surface area contributed by atoms with Crippen LogP contribution in [0.1, 0.15) is 4.11 Å². The van der Waals surface area contributed by atoms with Gasteiger partial charge >= 0.3 is 6.09 Å². The van der Waals surface area contributed by atoms with Gasteiger partial charge in [-0.1, -0.05) is 18.2 Å². The first-order valence-electron chi connectivity index (χ1n) is 7.95. The lowest BCUT2D eigenvalue weighted by molar-refractivity contribution is 0.186. The van der Waals surface area contributed by atoms with E-state index in [2.05, 4.69) is 20.0 Å². The summed E-state index contributed by atoms with van der Waals surface area (Å²) in [7, 11) is -6.58. The van der Waals surface area contributed by atoms with E-state index in [1.165, 1.54) is 30.3 Å². The van der Waals surface area contributed by atoms with E-state index in [4.69, 9.17) is 4.11 Å². The number of hydrogen-bond acceptors (Lipinski definition) is 5. The van der Waals surface area contributed by atoms with Crippen LogP contribution in [0.25, 0.3) is 11.0 Å². The van der Waals surface area contributed by atoms with E-state index in [1.807, 2.05) is 0 Å². The molecule has 3 aromatic rings. The fourth-order valence-electron chi connectivity index (χ4n) is 2.07. The van der Waals surface area contributed by atoms with Gasteiger partial charge in [0.05, 0.1) is 32.0 Å².